The van der Waals surface area contributed by atoms with Gasteiger partial charge in [0.15, 0.2) is 24.8 Å². The zero-order chi connectivity index (χ0) is 98.0. The topological polar surface area (TPSA) is 15.5 Å². The van der Waals surface area contributed by atoms with Crippen LogP contribution in [0.25, 0.3) is 89.5 Å². The van der Waals surface area contributed by atoms with Gasteiger partial charge in [-0.05, 0) is 301 Å². The molecule has 0 fully saturated rings. The van der Waals surface area contributed by atoms with Crippen LogP contribution in [0.4, 0.5) is 0 Å². The lowest BCUT2D eigenvalue weighted by Crippen LogP contribution is -2.32. The van der Waals surface area contributed by atoms with Crippen molar-refractivity contribution in [1.29, 1.82) is 0 Å². The standard InChI is InChI=1S/2C27H32N.2C25H28N/c1-17-8-9-23-20(12-17)13-25-19(3)22(10-11-24(23)25)26-14-21(15-27(4,5)6)18(2)16-28(26)7;1-17-8-9-23-20(12-17)14-25-19(3)22(10-11-24(23)25)26-13-18(2)21(16-28(26)7)15-27(4,5)6;1-15(2)23-13-25(26(6)14-17(23)4)20-9-10-22-21-8-7-16(3)11-19(21)12-24(22)18(20)5;1-15(2)24-14-26(6)25(12-17(24)4)20-9-10-22-21-8-7-16(3)11-19(21)13-23(22)18(20)5/h8-12,14,16H,13,15H2,1-7H3;8-13,16H,14-15H2,1-7H3;7-11,13-15H,12H2,1-6H3;7-12,14-15H,13H2,1-6H3/q4*+1/i1D3,2D3,15D2;1D3,15D2;3D3,4D3,15D;3D3,15D. The number of aromatic nitrogens is 4. The summed E-state index contributed by atoms with van der Waals surface area (Å²) >= 11 is 0. The third kappa shape index (κ3) is 15.2. The summed E-state index contributed by atoms with van der Waals surface area (Å²) in [6.07, 6.45) is 6.57. The van der Waals surface area contributed by atoms with Crippen LogP contribution in [0.5, 0.6) is 0 Å². The van der Waals surface area contributed by atoms with Crippen LogP contribution in [0.2, 0.25) is 0 Å². The first-order valence-corrected chi connectivity index (χ1v) is 37.6. The van der Waals surface area contributed by atoms with Crippen LogP contribution < -0.4 is 18.3 Å². The molecule has 4 nitrogen and oxygen atoms in total. The van der Waals surface area contributed by atoms with E-state index in [0.717, 1.165) is 147 Å². The van der Waals surface area contributed by atoms with E-state index in [-0.39, 0.29) is 16.7 Å². The van der Waals surface area contributed by atoms with E-state index in [2.05, 4.69) is 74.0 Å². The number of aryl methyl sites for hydroxylation is 12. The first-order valence-electron chi connectivity index (χ1n) is 49.6. The summed E-state index contributed by atoms with van der Waals surface area (Å²) in [6, 6.07) is 46.2. The maximum Gasteiger partial charge on any atom is 0.212 e. The van der Waals surface area contributed by atoms with Crippen molar-refractivity contribution < 1.29 is 51.2 Å². The first kappa shape index (κ1) is 51.6. The third-order valence-corrected chi connectivity index (χ3v) is 22.2. The van der Waals surface area contributed by atoms with Crippen molar-refractivity contribution in [3.63, 3.8) is 0 Å². The predicted molar refractivity (Wildman–Crippen MR) is 457 cm³/mol. The molecule has 4 aliphatic rings. The molecule has 108 heavy (non-hydrogen) atoms. The molecule has 0 saturated carbocycles. The molecule has 4 aliphatic carbocycles. The van der Waals surface area contributed by atoms with Crippen LogP contribution in [0, 0.1) is 93.5 Å². The van der Waals surface area contributed by atoms with E-state index in [1.807, 2.05) is 153 Å². The summed E-state index contributed by atoms with van der Waals surface area (Å²) in [5, 5.41) is 0. The first-order chi connectivity index (χ1) is 60.4. The molecule has 0 bridgehead atoms. The number of pyridine rings is 4. The highest BCUT2D eigenvalue weighted by Crippen LogP contribution is 2.47. The van der Waals surface area contributed by atoms with E-state index in [1.54, 1.807) is 94.9 Å². The van der Waals surface area contributed by atoms with Gasteiger partial charge in [0.05, 0.1) is 0 Å². The van der Waals surface area contributed by atoms with E-state index in [0.29, 0.717) is 46.2 Å². The van der Waals surface area contributed by atoms with Crippen molar-refractivity contribution in [1.82, 2.24) is 0 Å². The molecule has 0 radical (unpaired) electrons. The Labute approximate surface area is 683 Å². The van der Waals surface area contributed by atoms with E-state index in [4.69, 9.17) is 32.9 Å². The second kappa shape index (κ2) is 29.7. The Morgan fingerprint density at radius 3 is 0.954 bits per heavy atom. The monoisotopic (exact) mass is 1450 g/mol. The Kier molecular flexibility index (Phi) is 14.2. The van der Waals surface area contributed by atoms with Gasteiger partial charge >= 0.3 is 0 Å². The zero-order valence-corrected chi connectivity index (χ0v) is 66.8. The lowest BCUT2D eigenvalue weighted by Gasteiger charge is -2.20. The molecule has 8 aromatic carbocycles. The number of hydrogen-bond acceptors (Lipinski definition) is 0. The summed E-state index contributed by atoms with van der Waals surface area (Å²) in [7, 11) is 7.62. The van der Waals surface area contributed by atoms with Gasteiger partial charge in [0.1, 0.15) is 28.2 Å². The molecule has 0 N–H and O–H groups in total. The molecule has 0 amide bonds. The molecule has 4 aromatic heterocycles. The van der Waals surface area contributed by atoms with Crippen LogP contribution >= 0.6 is 0 Å². The van der Waals surface area contributed by atoms with Gasteiger partial charge in [-0.25, -0.2) is 18.3 Å². The van der Waals surface area contributed by atoms with Gasteiger partial charge in [-0.2, -0.15) is 0 Å². The van der Waals surface area contributed by atoms with E-state index in [9.17, 15) is 0 Å². The summed E-state index contributed by atoms with van der Waals surface area (Å²) in [6.45, 7) is 17.5. The van der Waals surface area contributed by atoms with Crippen molar-refractivity contribution >= 4 is 0 Å². The number of fused-ring (bicyclic) bond motifs is 12. The second-order valence-electron chi connectivity index (χ2n) is 32.9. The molecule has 12 aromatic rings. The fraction of sp³-hybridized carbons (Fsp3) is 0.346. The minimum atomic E-state index is -2.46. The Morgan fingerprint density at radius 1 is 0.315 bits per heavy atom. The molecule has 4 heteroatoms. The van der Waals surface area contributed by atoms with Gasteiger partial charge < -0.3 is 0 Å². The average Bonchev–Trinajstić information content (AvgIpc) is 1.06. The molecule has 0 spiro atoms. The molecular weight excluding hydrogens is 1310 g/mol. The second-order valence-corrected chi connectivity index (χ2v) is 32.9. The van der Waals surface area contributed by atoms with Crippen molar-refractivity contribution in [3.8, 4) is 89.5 Å². The van der Waals surface area contributed by atoms with Gasteiger partial charge in [-0.15, -0.1) is 0 Å². The van der Waals surface area contributed by atoms with Gasteiger partial charge in [-0.1, -0.05) is 189 Å². The lowest BCUT2D eigenvalue weighted by molar-refractivity contribution is -0.661. The predicted octanol–water partition coefficient (Wildman–Crippen LogP) is 24.1. The van der Waals surface area contributed by atoms with E-state index in [1.165, 1.54) is 45.1 Å². The minimum absolute atomic E-state index is 0.0112. The van der Waals surface area contributed by atoms with Crippen molar-refractivity contribution in [2.24, 2.45) is 39.0 Å². The summed E-state index contributed by atoms with van der Waals surface area (Å²) < 4.78 is 201. The van der Waals surface area contributed by atoms with Crippen molar-refractivity contribution in [3.05, 3.63) is 304 Å². The molecule has 16 rings (SSSR count). The Hall–Kier alpha value is -9.64. The molecular formula is C104H120N4+4. The summed E-state index contributed by atoms with van der Waals surface area (Å²) in [4.78, 5) is 0. The maximum absolute atomic E-state index is 8.87. The largest absolute Gasteiger partial charge is 0.212 e. The van der Waals surface area contributed by atoms with E-state index >= 15 is 0 Å². The number of rotatable bonds is 8. The zero-order valence-electron chi connectivity index (χ0n) is 90.8. The maximum atomic E-state index is 8.87. The van der Waals surface area contributed by atoms with Crippen LogP contribution in [-0.4, -0.2) is 0 Å². The fourth-order valence-electron chi connectivity index (χ4n) is 16.7. The highest BCUT2D eigenvalue weighted by Gasteiger charge is 2.31. The van der Waals surface area contributed by atoms with Gasteiger partial charge in [0, 0.05) is 102 Å². The Morgan fingerprint density at radius 2 is 0.611 bits per heavy atom. The number of benzene rings is 8. The van der Waals surface area contributed by atoms with Gasteiger partial charge in [0.25, 0.3) is 0 Å². The SMILES string of the molecule is [2H]C([2H])([2H])c1ccc2c(c1)Cc1c-2ccc(-c2cc(C([2H])(C)C)c(C([2H])([2H])[2H])c[n+]2C)c1C.[2H]C([2H])([2H])c1ccc2c(c1)Cc1c-2ccc(-c2cc(C([2H])([2H])C(C)(C)C)c(C([2H])([2H])[2H])c[n+]2C)c1C.[2H]C([2H])([2H])c1ccc2c(c1)Cc1c-2ccc(-c2cc(C)c(C([2H])(C)C)c[n+]2C)c1C.[2H]C([2H])([2H])c1ccc2c(c1)Cc1c-2ccc(-c2cc(C)c(C([2H])([2H])C(C)(C)C)c[n+]2C)c1C. The van der Waals surface area contributed by atoms with Crippen LogP contribution in [0.1, 0.15) is 247 Å². The van der Waals surface area contributed by atoms with Crippen LogP contribution in [0.15, 0.2) is 170 Å². The molecule has 4 heterocycles. The average molecular weight is 1450 g/mol. The number of hydrogen-bond donors (Lipinski definition) is 0. The van der Waals surface area contributed by atoms with Crippen LogP contribution in [-0.2, 0) is 66.6 Å². The smallest absolute Gasteiger partial charge is 0.201 e. The third-order valence-electron chi connectivity index (χ3n) is 22.2. The van der Waals surface area contributed by atoms with Crippen molar-refractivity contribution in [2.75, 3.05) is 0 Å². The molecule has 0 atom stereocenters. The Balaban J connectivity index is 0.000000150. The van der Waals surface area contributed by atoms with Crippen LogP contribution in [0.3, 0.4) is 0 Å². The lowest BCUT2D eigenvalue weighted by atomic mass is 9.86. The van der Waals surface area contributed by atoms with Crippen molar-refractivity contribution in [2.45, 2.75) is 202 Å². The van der Waals surface area contributed by atoms with Gasteiger partial charge in [0.2, 0.25) is 22.8 Å². The van der Waals surface area contributed by atoms with Gasteiger partial charge in [-0.3, -0.25) is 0 Å². The highest BCUT2D eigenvalue weighted by molar-refractivity contribution is 5.86. The quantitative estimate of drug-likeness (QED) is 0.135. The normalized spacial score (nSPS) is 17.1. The van der Waals surface area contributed by atoms with E-state index < -0.39 is 76.5 Å². The highest BCUT2D eigenvalue weighted by atomic mass is 14.9. The molecule has 552 valence electrons. The Bertz CT molecular complexity index is 6640. The number of nitrogens with zero attached hydrogens (tertiary/aromatic N) is 4. The molecule has 0 unspecified atom stereocenters. The molecule has 0 aliphatic heterocycles. The minimum Gasteiger partial charge on any atom is -0.201 e. The summed E-state index contributed by atoms with van der Waals surface area (Å²) in [5.41, 5.74) is 35.0. The molecule has 0 saturated heterocycles. The summed E-state index contributed by atoms with van der Waals surface area (Å²) in [5.74, 6) is -1.71. The fourth-order valence-corrected chi connectivity index (χ4v) is 16.7.